The largest absolute Gasteiger partial charge is 0.509 e. The number of benzene rings is 1. The maximum absolute atomic E-state index is 10.2. The van der Waals surface area contributed by atoms with Gasteiger partial charge < -0.3 is 24.4 Å². The van der Waals surface area contributed by atoms with Gasteiger partial charge in [-0.1, -0.05) is 36.4 Å². The average molecular weight is 320 g/mol. The summed E-state index contributed by atoms with van der Waals surface area (Å²) >= 11 is 0. The Hall–Kier alpha value is -1.82. The van der Waals surface area contributed by atoms with Crippen LogP contribution in [0.3, 0.4) is 0 Å². The van der Waals surface area contributed by atoms with Crippen LogP contribution >= 0.6 is 0 Å². The highest BCUT2D eigenvalue weighted by Crippen LogP contribution is 2.30. The lowest BCUT2D eigenvalue weighted by Gasteiger charge is -2.30. The summed E-state index contributed by atoms with van der Waals surface area (Å²) in [4.78, 5) is 0. The number of rotatable bonds is 8. The monoisotopic (exact) mass is 320 g/mol. The van der Waals surface area contributed by atoms with E-state index in [1.165, 1.54) is 0 Å². The SMILES string of the molecule is C=CCOCCCC/C(O)=C1/OC(c2ccccc2)OCC1O. The lowest BCUT2D eigenvalue weighted by molar-refractivity contribution is -0.189. The Balaban J connectivity index is 1.88. The first kappa shape index (κ1) is 17.5. The molecule has 5 heteroatoms. The second kappa shape index (κ2) is 9.35. The summed E-state index contributed by atoms with van der Waals surface area (Å²) < 4.78 is 16.4. The van der Waals surface area contributed by atoms with E-state index in [0.717, 1.165) is 18.4 Å². The van der Waals surface area contributed by atoms with Crippen molar-refractivity contribution >= 4 is 0 Å². The molecule has 2 atom stereocenters. The number of hydrogen-bond acceptors (Lipinski definition) is 5. The first-order valence-electron chi connectivity index (χ1n) is 7.84. The van der Waals surface area contributed by atoms with E-state index in [1.807, 2.05) is 30.3 Å². The van der Waals surface area contributed by atoms with E-state index in [4.69, 9.17) is 14.2 Å². The Labute approximate surface area is 136 Å². The van der Waals surface area contributed by atoms with E-state index in [9.17, 15) is 10.2 Å². The molecular formula is C18H24O5. The fourth-order valence-corrected chi connectivity index (χ4v) is 2.30. The van der Waals surface area contributed by atoms with Gasteiger partial charge in [0.1, 0.15) is 11.9 Å². The standard InChI is InChI=1S/C18H24O5/c1-2-11-21-12-7-6-10-15(19)17-16(20)13-22-18(23-17)14-8-4-3-5-9-14/h2-5,8-9,16,18-20H,1,6-7,10-13H2/b17-15-. The van der Waals surface area contributed by atoms with Crippen molar-refractivity contribution in [3.8, 4) is 0 Å². The second-order valence-corrected chi connectivity index (χ2v) is 5.34. The molecule has 0 amide bonds. The molecule has 1 fully saturated rings. The molecule has 2 N–H and O–H groups in total. The number of allylic oxidation sites excluding steroid dienone is 1. The van der Waals surface area contributed by atoms with Gasteiger partial charge >= 0.3 is 0 Å². The van der Waals surface area contributed by atoms with Crippen LogP contribution in [0.15, 0.2) is 54.5 Å². The molecule has 0 aliphatic carbocycles. The first-order chi connectivity index (χ1) is 11.2. The van der Waals surface area contributed by atoms with Crippen molar-refractivity contribution in [3.05, 3.63) is 60.1 Å². The summed E-state index contributed by atoms with van der Waals surface area (Å²) in [7, 11) is 0. The third-order valence-electron chi connectivity index (χ3n) is 3.49. The number of ether oxygens (including phenoxy) is 3. The highest BCUT2D eigenvalue weighted by molar-refractivity contribution is 5.18. The van der Waals surface area contributed by atoms with Crippen LogP contribution in [0, 0.1) is 0 Å². The maximum atomic E-state index is 10.2. The molecule has 5 nitrogen and oxygen atoms in total. The van der Waals surface area contributed by atoms with Crippen LogP contribution in [0.5, 0.6) is 0 Å². The van der Waals surface area contributed by atoms with Gasteiger partial charge in [0, 0.05) is 18.6 Å². The molecule has 126 valence electrons. The third-order valence-corrected chi connectivity index (χ3v) is 3.49. The molecule has 0 spiro atoms. The Morgan fingerprint density at radius 1 is 1.30 bits per heavy atom. The minimum Gasteiger partial charge on any atom is -0.509 e. The highest BCUT2D eigenvalue weighted by Gasteiger charge is 2.29. The fourth-order valence-electron chi connectivity index (χ4n) is 2.30. The molecule has 1 aliphatic heterocycles. The van der Waals surface area contributed by atoms with E-state index in [2.05, 4.69) is 6.58 Å². The smallest absolute Gasteiger partial charge is 0.226 e. The second-order valence-electron chi connectivity index (χ2n) is 5.34. The van der Waals surface area contributed by atoms with Crippen molar-refractivity contribution < 1.29 is 24.4 Å². The summed E-state index contributed by atoms with van der Waals surface area (Å²) in [5.74, 6) is 0.280. The Morgan fingerprint density at radius 3 is 2.83 bits per heavy atom. The van der Waals surface area contributed by atoms with Gasteiger partial charge in [-0.25, -0.2) is 0 Å². The molecule has 0 bridgehead atoms. The maximum Gasteiger partial charge on any atom is 0.226 e. The van der Waals surface area contributed by atoms with Crippen LogP contribution < -0.4 is 0 Å². The molecule has 2 unspecified atom stereocenters. The molecule has 1 saturated heterocycles. The average Bonchev–Trinajstić information content (AvgIpc) is 2.59. The quantitative estimate of drug-likeness (QED) is 0.437. The number of aliphatic hydroxyl groups is 2. The number of hydrogen-bond donors (Lipinski definition) is 2. The van der Waals surface area contributed by atoms with Gasteiger partial charge in [0.25, 0.3) is 0 Å². The normalized spacial score (nSPS) is 23.2. The minimum atomic E-state index is -0.938. The molecule has 1 heterocycles. The van der Waals surface area contributed by atoms with E-state index < -0.39 is 12.4 Å². The highest BCUT2D eigenvalue weighted by atomic mass is 16.7. The van der Waals surface area contributed by atoms with Crippen LogP contribution in [0.25, 0.3) is 0 Å². The van der Waals surface area contributed by atoms with Gasteiger partial charge in [0.05, 0.1) is 13.2 Å². The van der Waals surface area contributed by atoms with Crippen LogP contribution in [0.1, 0.15) is 31.1 Å². The van der Waals surface area contributed by atoms with Crippen molar-refractivity contribution in [1.29, 1.82) is 0 Å². The third kappa shape index (κ3) is 5.39. The first-order valence-corrected chi connectivity index (χ1v) is 7.84. The molecule has 0 aromatic heterocycles. The van der Waals surface area contributed by atoms with Crippen LogP contribution in [0.2, 0.25) is 0 Å². The van der Waals surface area contributed by atoms with Crippen molar-refractivity contribution in [2.45, 2.75) is 31.7 Å². The number of aliphatic hydroxyl groups excluding tert-OH is 2. The summed E-state index contributed by atoms with van der Waals surface area (Å²) in [6, 6.07) is 9.45. The summed E-state index contributed by atoms with van der Waals surface area (Å²) in [6.45, 7) is 4.83. The Bertz CT molecular complexity index is 511. The summed E-state index contributed by atoms with van der Waals surface area (Å²) in [5, 5.41) is 20.2. The van der Waals surface area contributed by atoms with Crippen molar-refractivity contribution in [2.24, 2.45) is 0 Å². The van der Waals surface area contributed by atoms with Crippen LogP contribution in [0.4, 0.5) is 0 Å². The van der Waals surface area contributed by atoms with E-state index in [0.29, 0.717) is 19.6 Å². The van der Waals surface area contributed by atoms with Crippen LogP contribution in [-0.4, -0.2) is 36.1 Å². The van der Waals surface area contributed by atoms with E-state index >= 15 is 0 Å². The summed E-state index contributed by atoms with van der Waals surface area (Å²) in [5.41, 5.74) is 0.850. The number of unbranched alkanes of at least 4 members (excludes halogenated alkanes) is 1. The van der Waals surface area contributed by atoms with Crippen molar-refractivity contribution in [1.82, 2.24) is 0 Å². The van der Waals surface area contributed by atoms with Crippen molar-refractivity contribution in [3.63, 3.8) is 0 Å². The predicted molar refractivity (Wildman–Crippen MR) is 86.7 cm³/mol. The van der Waals surface area contributed by atoms with Gasteiger partial charge in [-0.2, -0.15) is 0 Å². The van der Waals surface area contributed by atoms with Gasteiger partial charge in [-0.3, -0.25) is 0 Å². The molecule has 1 aromatic rings. The van der Waals surface area contributed by atoms with E-state index in [-0.39, 0.29) is 18.1 Å². The molecule has 1 aromatic carbocycles. The molecule has 0 radical (unpaired) electrons. The lowest BCUT2D eigenvalue weighted by atomic mass is 10.1. The molecule has 23 heavy (non-hydrogen) atoms. The molecular weight excluding hydrogens is 296 g/mol. The van der Waals surface area contributed by atoms with Gasteiger partial charge in [0.2, 0.25) is 6.29 Å². The zero-order valence-corrected chi connectivity index (χ0v) is 13.2. The predicted octanol–water partition coefficient (Wildman–Crippen LogP) is 3.24. The molecule has 2 rings (SSSR count). The topological polar surface area (TPSA) is 68.2 Å². The van der Waals surface area contributed by atoms with E-state index in [1.54, 1.807) is 6.08 Å². The Morgan fingerprint density at radius 2 is 2.09 bits per heavy atom. The minimum absolute atomic E-state index is 0.0745. The molecule has 0 saturated carbocycles. The zero-order valence-electron chi connectivity index (χ0n) is 13.2. The van der Waals surface area contributed by atoms with Crippen molar-refractivity contribution in [2.75, 3.05) is 19.8 Å². The molecule has 1 aliphatic rings. The fraction of sp³-hybridized carbons (Fsp3) is 0.444. The van der Waals surface area contributed by atoms with Gasteiger partial charge in [0.15, 0.2) is 5.76 Å². The lowest BCUT2D eigenvalue weighted by Crippen LogP contribution is -2.30. The zero-order chi connectivity index (χ0) is 16.5. The van der Waals surface area contributed by atoms with Crippen LogP contribution in [-0.2, 0) is 14.2 Å². The van der Waals surface area contributed by atoms with Gasteiger partial charge in [-0.15, -0.1) is 6.58 Å². The Kier molecular flexibility index (Phi) is 7.13. The summed E-state index contributed by atoms with van der Waals surface area (Å²) in [6.07, 6.45) is 2.17. The van der Waals surface area contributed by atoms with Gasteiger partial charge in [-0.05, 0) is 12.8 Å².